The molecule has 0 aliphatic rings. The van der Waals surface area contributed by atoms with E-state index in [1.54, 1.807) is 12.1 Å². The summed E-state index contributed by atoms with van der Waals surface area (Å²) < 4.78 is 0. The molecule has 0 aliphatic heterocycles. The van der Waals surface area contributed by atoms with Gasteiger partial charge < -0.3 is 5.11 Å². The first-order valence-corrected chi connectivity index (χ1v) is 4.38. The Morgan fingerprint density at radius 3 is 2.64 bits per heavy atom. The van der Waals surface area contributed by atoms with Crippen LogP contribution < -0.4 is 0 Å². The van der Waals surface area contributed by atoms with E-state index in [0.29, 0.717) is 6.42 Å². The summed E-state index contributed by atoms with van der Waals surface area (Å²) in [6, 6.07) is 13.1. The fourth-order valence-electron chi connectivity index (χ4n) is 1.48. The van der Waals surface area contributed by atoms with Crippen LogP contribution in [-0.2, 0) is 6.42 Å². The maximum atomic E-state index is 9.29. The fourth-order valence-corrected chi connectivity index (χ4v) is 1.48. The van der Waals surface area contributed by atoms with Gasteiger partial charge in [0.25, 0.3) is 0 Å². The molecule has 0 saturated carbocycles. The van der Waals surface area contributed by atoms with E-state index in [2.05, 4.69) is 6.07 Å². The molecular formula is C12H9NO. The van der Waals surface area contributed by atoms with Crippen LogP contribution in [0.4, 0.5) is 0 Å². The number of phenols is 1. The van der Waals surface area contributed by atoms with Crippen LogP contribution >= 0.6 is 0 Å². The van der Waals surface area contributed by atoms with Crippen LogP contribution in [0.1, 0.15) is 5.56 Å². The number of aromatic hydroxyl groups is 1. The average Bonchev–Trinajstić information content (AvgIpc) is 2.17. The number of nitrogens with zero attached hydrogens (tertiary/aromatic N) is 1. The van der Waals surface area contributed by atoms with Crippen LogP contribution in [0.25, 0.3) is 10.8 Å². The minimum atomic E-state index is 0.256. The Kier molecular flexibility index (Phi) is 2.08. The zero-order valence-corrected chi connectivity index (χ0v) is 7.57. The van der Waals surface area contributed by atoms with Crippen LogP contribution in [-0.4, -0.2) is 5.11 Å². The lowest BCUT2D eigenvalue weighted by Crippen LogP contribution is -1.81. The number of nitriles is 1. The van der Waals surface area contributed by atoms with Gasteiger partial charge in [-0.3, -0.25) is 0 Å². The predicted molar refractivity (Wildman–Crippen MR) is 54.9 cm³/mol. The summed E-state index contributed by atoms with van der Waals surface area (Å²) >= 11 is 0. The molecule has 2 rings (SSSR count). The van der Waals surface area contributed by atoms with Gasteiger partial charge in [0.05, 0.1) is 12.5 Å². The third-order valence-electron chi connectivity index (χ3n) is 2.17. The highest BCUT2D eigenvalue weighted by Crippen LogP contribution is 2.21. The first kappa shape index (κ1) is 8.58. The van der Waals surface area contributed by atoms with E-state index in [0.717, 1.165) is 16.3 Å². The lowest BCUT2D eigenvalue weighted by molar-refractivity contribution is 0.476. The molecule has 0 bridgehead atoms. The van der Waals surface area contributed by atoms with E-state index in [1.807, 2.05) is 24.3 Å². The van der Waals surface area contributed by atoms with Gasteiger partial charge >= 0.3 is 0 Å². The van der Waals surface area contributed by atoms with Gasteiger partial charge in [0.2, 0.25) is 0 Å². The molecule has 14 heavy (non-hydrogen) atoms. The molecule has 2 heteroatoms. The number of fused-ring (bicyclic) bond motifs is 1. The zero-order valence-electron chi connectivity index (χ0n) is 7.57. The maximum Gasteiger partial charge on any atom is 0.116 e. The number of phenolic OH excluding ortho intramolecular Hbond substituents is 1. The van der Waals surface area contributed by atoms with Gasteiger partial charge in [-0.2, -0.15) is 5.26 Å². The monoisotopic (exact) mass is 183 g/mol. The summed E-state index contributed by atoms with van der Waals surface area (Å²) in [7, 11) is 0. The van der Waals surface area contributed by atoms with Gasteiger partial charge in [-0.25, -0.2) is 0 Å². The van der Waals surface area contributed by atoms with E-state index in [4.69, 9.17) is 5.26 Å². The van der Waals surface area contributed by atoms with E-state index < -0.39 is 0 Å². The molecule has 0 unspecified atom stereocenters. The normalized spacial score (nSPS) is 9.93. The molecule has 0 aliphatic carbocycles. The first-order valence-electron chi connectivity index (χ1n) is 4.38. The highest BCUT2D eigenvalue weighted by Gasteiger charge is 1.97. The van der Waals surface area contributed by atoms with Crippen molar-refractivity contribution in [2.24, 2.45) is 0 Å². The number of rotatable bonds is 1. The Bertz CT molecular complexity index is 511. The first-order chi connectivity index (χ1) is 6.79. The van der Waals surface area contributed by atoms with E-state index in [-0.39, 0.29) is 5.75 Å². The number of hydrogen-bond donors (Lipinski definition) is 1. The Balaban J connectivity index is 2.59. The molecule has 0 saturated heterocycles. The van der Waals surface area contributed by atoms with Crippen molar-refractivity contribution in [3.8, 4) is 11.8 Å². The molecule has 0 atom stereocenters. The summed E-state index contributed by atoms with van der Waals surface area (Å²) in [4.78, 5) is 0. The highest BCUT2D eigenvalue weighted by molar-refractivity contribution is 5.84. The van der Waals surface area contributed by atoms with Crippen molar-refractivity contribution in [2.45, 2.75) is 6.42 Å². The van der Waals surface area contributed by atoms with Crippen molar-refractivity contribution in [3.05, 3.63) is 42.0 Å². The molecule has 0 amide bonds. The third kappa shape index (κ3) is 1.53. The second kappa shape index (κ2) is 3.39. The Labute approximate surface area is 82.0 Å². The number of benzene rings is 2. The average molecular weight is 183 g/mol. The summed E-state index contributed by atoms with van der Waals surface area (Å²) in [5, 5.41) is 19.9. The Morgan fingerprint density at radius 2 is 1.86 bits per heavy atom. The van der Waals surface area contributed by atoms with E-state index >= 15 is 0 Å². The lowest BCUT2D eigenvalue weighted by atomic mass is 10.1. The van der Waals surface area contributed by atoms with Crippen molar-refractivity contribution in [1.82, 2.24) is 0 Å². The minimum absolute atomic E-state index is 0.256. The largest absolute Gasteiger partial charge is 0.508 e. The SMILES string of the molecule is N#CCc1ccc2ccc(O)cc2c1. The second-order valence-electron chi connectivity index (χ2n) is 3.20. The van der Waals surface area contributed by atoms with Gasteiger partial charge in [-0.05, 0) is 34.5 Å². The lowest BCUT2D eigenvalue weighted by Gasteiger charge is -2.00. The summed E-state index contributed by atoms with van der Waals surface area (Å²) in [5.74, 6) is 0.256. The van der Waals surface area contributed by atoms with Crippen LogP contribution in [0.15, 0.2) is 36.4 Å². The number of hydrogen-bond acceptors (Lipinski definition) is 2. The topological polar surface area (TPSA) is 44.0 Å². The molecule has 1 N–H and O–H groups in total. The van der Waals surface area contributed by atoms with E-state index in [1.165, 1.54) is 0 Å². The molecule has 0 radical (unpaired) electrons. The molecular weight excluding hydrogens is 174 g/mol. The third-order valence-corrected chi connectivity index (χ3v) is 2.17. The smallest absolute Gasteiger partial charge is 0.116 e. The summed E-state index contributed by atoms with van der Waals surface area (Å²) in [6.07, 6.45) is 0.408. The molecule has 0 fully saturated rings. The van der Waals surface area contributed by atoms with Crippen LogP contribution in [0.5, 0.6) is 5.75 Å². The van der Waals surface area contributed by atoms with Crippen molar-refractivity contribution in [1.29, 1.82) is 5.26 Å². The fraction of sp³-hybridized carbons (Fsp3) is 0.0833. The predicted octanol–water partition coefficient (Wildman–Crippen LogP) is 2.61. The Hall–Kier alpha value is -2.01. The molecule has 2 aromatic carbocycles. The van der Waals surface area contributed by atoms with Crippen molar-refractivity contribution in [3.63, 3.8) is 0 Å². The quantitative estimate of drug-likeness (QED) is 0.738. The van der Waals surface area contributed by atoms with Crippen LogP contribution in [0.3, 0.4) is 0 Å². The van der Waals surface area contributed by atoms with Crippen molar-refractivity contribution >= 4 is 10.8 Å². The van der Waals surface area contributed by atoms with Gasteiger partial charge in [0, 0.05) is 0 Å². The molecule has 0 spiro atoms. The zero-order chi connectivity index (χ0) is 9.97. The van der Waals surface area contributed by atoms with Crippen molar-refractivity contribution < 1.29 is 5.11 Å². The summed E-state index contributed by atoms with van der Waals surface area (Å²) in [6.45, 7) is 0. The van der Waals surface area contributed by atoms with Gasteiger partial charge in [-0.15, -0.1) is 0 Å². The Morgan fingerprint density at radius 1 is 1.07 bits per heavy atom. The molecule has 2 aromatic rings. The second-order valence-corrected chi connectivity index (χ2v) is 3.20. The van der Waals surface area contributed by atoms with Gasteiger partial charge in [0.15, 0.2) is 0 Å². The highest BCUT2D eigenvalue weighted by atomic mass is 16.3. The molecule has 2 nitrogen and oxygen atoms in total. The van der Waals surface area contributed by atoms with Crippen LogP contribution in [0.2, 0.25) is 0 Å². The van der Waals surface area contributed by atoms with Crippen molar-refractivity contribution in [2.75, 3.05) is 0 Å². The molecule has 0 heterocycles. The minimum Gasteiger partial charge on any atom is -0.508 e. The molecule has 68 valence electrons. The van der Waals surface area contributed by atoms with Gasteiger partial charge in [-0.1, -0.05) is 18.2 Å². The van der Waals surface area contributed by atoms with Gasteiger partial charge in [0.1, 0.15) is 5.75 Å². The van der Waals surface area contributed by atoms with E-state index in [9.17, 15) is 5.11 Å². The standard InChI is InChI=1S/C12H9NO/c13-6-5-9-1-2-10-3-4-12(14)8-11(10)7-9/h1-4,7-8,14H,5H2. The van der Waals surface area contributed by atoms with Crippen LogP contribution in [0, 0.1) is 11.3 Å². The molecule has 0 aromatic heterocycles. The maximum absolute atomic E-state index is 9.29. The summed E-state index contributed by atoms with van der Waals surface area (Å²) in [5.41, 5.74) is 0.977.